The molecule has 27 heavy (non-hydrogen) atoms. The first kappa shape index (κ1) is 21.6. The molecule has 5 nitrogen and oxygen atoms in total. The predicted molar refractivity (Wildman–Crippen MR) is 121 cm³/mol. The quantitative estimate of drug-likeness (QED) is 0.345. The highest BCUT2D eigenvalue weighted by atomic mass is 127. The first-order chi connectivity index (χ1) is 13.0. The molecule has 2 rings (SSSR count). The van der Waals surface area contributed by atoms with Gasteiger partial charge in [-0.05, 0) is 84.9 Å². The molecule has 0 fully saturated rings. The average molecular weight is 498 g/mol. The molecule has 0 aliphatic heterocycles. The molecule has 0 saturated heterocycles. The summed E-state index contributed by atoms with van der Waals surface area (Å²) in [5.41, 5.74) is 2.58. The lowest BCUT2D eigenvalue weighted by molar-refractivity contribution is 0.0977. The van der Waals surface area contributed by atoms with Crippen LogP contribution in [0.2, 0.25) is 0 Å². The van der Waals surface area contributed by atoms with E-state index in [4.69, 9.17) is 22.1 Å². The van der Waals surface area contributed by atoms with Crippen molar-refractivity contribution >= 4 is 51.5 Å². The molecule has 2 N–H and O–H groups in total. The minimum atomic E-state index is -0.264. The van der Waals surface area contributed by atoms with Crippen LogP contribution in [-0.4, -0.2) is 36.4 Å². The van der Waals surface area contributed by atoms with Crippen LogP contribution < -0.4 is 15.0 Å². The van der Waals surface area contributed by atoms with Gasteiger partial charge in [0, 0.05) is 24.4 Å². The van der Waals surface area contributed by atoms with Crippen molar-refractivity contribution in [2.24, 2.45) is 0 Å². The molecule has 0 unspecified atom stereocenters. The number of carbonyl (C=O) groups excluding carboxylic acids is 1. The lowest BCUT2D eigenvalue weighted by atomic mass is 10.2. The van der Waals surface area contributed by atoms with Gasteiger partial charge in [0.1, 0.15) is 5.75 Å². The number of carbonyl (C=O) groups is 1. The van der Waals surface area contributed by atoms with E-state index in [-0.39, 0.29) is 12.5 Å². The summed E-state index contributed by atoms with van der Waals surface area (Å²) in [4.78, 5) is 14.5. The molecule has 0 atom stereocenters. The molecule has 0 radical (unpaired) electrons. The Morgan fingerprint density at radius 1 is 1.22 bits per heavy atom. The highest BCUT2D eigenvalue weighted by Gasteiger charge is 2.16. The van der Waals surface area contributed by atoms with E-state index in [1.807, 2.05) is 36.1 Å². The van der Waals surface area contributed by atoms with Crippen molar-refractivity contribution in [1.29, 1.82) is 0 Å². The third kappa shape index (κ3) is 6.15. The van der Waals surface area contributed by atoms with Gasteiger partial charge in [-0.2, -0.15) is 0 Å². The Labute approximate surface area is 178 Å². The molecule has 0 aromatic heterocycles. The normalized spacial score (nSPS) is 10.4. The largest absolute Gasteiger partial charge is 0.496 e. The van der Waals surface area contributed by atoms with E-state index in [9.17, 15) is 4.79 Å². The number of thiocarbonyl (C=S) groups is 1. The maximum atomic E-state index is 12.6. The van der Waals surface area contributed by atoms with Gasteiger partial charge in [-0.1, -0.05) is 17.7 Å². The van der Waals surface area contributed by atoms with E-state index >= 15 is 0 Å². The van der Waals surface area contributed by atoms with Crippen molar-refractivity contribution in [3.8, 4) is 5.75 Å². The number of benzene rings is 2. The molecule has 0 bridgehead atoms. The number of hydrogen-bond acceptors (Lipinski definition) is 4. The SMILES string of the molecule is COc1ccc(C(=O)NC(=S)N(CCCCO)c2ccc(C)cc2)cc1I. The lowest BCUT2D eigenvalue weighted by Crippen LogP contribution is -2.43. The van der Waals surface area contributed by atoms with E-state index in [1.54, 1.807) is 25.3 Å². The van der Waals surface area contributed by atoms with E-state index < -0.39 is 0 Å². The first-order valence-electron chi connectivity index (χ1n) is 8.60. The highest BCUT2D eigenvalue weighted by Crippen LogP contribution is 2.22. The smallest absolute Gasteiger partial charge is 0.257 e. The Morgan fingerprint density at radius 2 is 1.93 bits per heavy atom. The maximum absolute atomic E-state index is 12.6. The van der Waals surface area contributed by atoms with Gasteiger partial charge in [-0.25, -0.2) is 0 Å². The van der Waals surface area contributed by atoms with Gasteiger partial charge in [-0.15, -0.1) is 0 Å². The Kier molecular flexibility index (Phi) is 8.46. The molecule has 1 amide bonds. The number of aliphatic hydroxyl groups excluding tert-OH is 1. The van der Waals surface area contributed by atoms with Crippen LogP contribution in [0.3, 0.4) is 0 Å². The van der Waals surface area contributed by atoms with Crippen LogP contribution in [0.15, 0.2) is 42.5 Å². The van der Waals surface area contributed by atoms with Gasteiger partial charge in [0.15, 0.2) is 5.11 Å². The molecular weight excluding hydrogens is 475 g/mol. The fourth-order valence-corrected chi connectivity index (χ4v) is 3.52. The molecule has 2 aromatic carbocycles. The van der Waals surface area contributed by atoms with E-state index in [1.165, 1.54) is 0 Å². The highest BCUT2D eigenvalue weighted by molar-refractivity contribution is 14.1. The van der Waals surface area contributed by atoms with Crippen LogP contribution >= 0.6 is 34.8 Å². The topological polar surface area (TPSA) is 61.8 Å². The van der Waals surface area contributed by atoms with Crippen LogP contribution in [0.4, 0.5) is 5.69 Å². The number of aryl methyl sites for hydroxylation is 1. The summed E-state index contributed by atoms with van der Waals surface area (Å²) in [6.07, 6.45) is 1.44. The van der Waals surface area contributed by atoms with E-state index in [2.05, 4.69) is 27.9 Å². The average Bonchev–Trinajstić information content (AvgIpc) is 2.66. The Morgan fingerprint density at radius 3 is 2.52 bits per heavy atom. The number of nitrogens with zero attached hydrogens (tertiary/aromatic N) is 1. The second kappa shape index (κ2) is 10.6. The minimum Gasteiger partial charge on any atom is -0.496 e. The van der Waals surface area contributed by atoms with Crippen LogP contribution in [-0.2, 0) is 0 Å². The molecule has 0 heterocycles. The third-order valence-electron chi connectivity index (χ3n) is 4.02. The van der Waals surface area contributed by atoms with Gasteiger partial charge in [0.05, 0.1) is 10.7 Å². The number of ether oxygens (including phenoxy) is 1. The monoisotopic (exact) mass is 498 g/mol. The molecule has 0 saturated carbocycles. The second-order valence-corrected chi connectivity index (χ2v) is 7.58. The summed E-state index contributed by atoms with van der Waals surface area (Å²) < 4.78 is 6.08. The van der Waals surface area contributed by atoms with Gasteiger partial charge in [-0.3, -0.25) is 10.1 Å². The van der Waals surface area contributed by atoms with Gasteiger partial charge >= 0.3 is 0 Å². The summed E-state index contributed by atoms with van der Waals surface area (Å²) in [6.45, 7) is 2.76. The number of hydrogen-bond donors (Lipinski definition) is 2. The van der Waals surface area contributed by atoms with E-state index in [0.29, 0.717) is 23.6 Å². The van der Waals surface area contributed by atoms with E-state index in [0.717, 1.165) is 27.0 Å². The molecule has 0 spiro atoms. The van der Waals surface area contributed by atoms with Crippen LogP contribution in [0.5, 0.6) is 5.75 Å². The summed E-state index contributed by atoms with van der Waals surface area (Å²) in [5, 5.41) is 12.2. The van der Waals surface area contributed by atoms with Crippen LogP contribution in [0.25, 0.3) is 0 Å². The molecule has 0 aliphatic carbocycles. The molecular formula is C20H23IN2O3S. The molecule has 2 aromatic rings. The predicted octanol–water partition coefficient (Wildman–Crippen LogP) is 3.90. The number of unbranched alkanes of at least 4 members (excludes halogenated alkanes) is 1. The van der Waals surface area contributed by atoms with Crippen molar-refractivity contribution in [2.45, 2.75) is 19.8 Å². The maximum Gasteiger partial charge on any atom is 0.257 e. The zero-order valence-corrected chi connectivity index (χ0v) is 18.3. The number of rotatable bonds is 7. The Bertz CT molecular complexity index is 796. The minimum absolute atomic E-state index is 0.130. The van der Waals surface area contributed by atoms with Gasteiger partial charge in [0.25, 0.3) is 5.91 Å². The number of anilines is 1. The number of aliphatic hydroxyl groups is 1. The lowest BCUT2D eigenvalue weighted by Gasteiger charge is -2.25. The van der Waals surface area contributed by atoms with Crippen molar-refractivity contribution < 1.29 is 14.6 Å². The van der Waals surface area contributed by atoms with Crippen LogP contribution in [0.1, 0.15) is 28.8 Å². The Hall–Kier alpha value is -1.71. The summed E-state index contributed by atoms with van der Waals surface area (Å²) in [7, 11) is 1.60. The Balaban J connectivity index is 2.15. The summed E-state index contributed by atoms with van der Waals surface area (Å²) in [5.74, 6) is 0.458. The van der Waals surface area contributed by atoms with Crippen molar-refractivity contribution in [3.63, 3.8) is 0 Å². The van der Waals surface area contributed by atoms with Crippen molar-refractivity contribution in [1.82, 2.24) is 5.32 Å². The zero-order valence-electron chi connectivity index (χ0n) is 15.4. The number of methoxy groups -OCH3 is 1. The standard InChI is InChI=1S/C20H23IN2O3S/c1-14-5-8-16(9-6-14)23(11-3-4-12-24)20(27)22-19(25)15-7-10-18(26-2)17(21)13-15/h5-10,13,24H,3-4,11-12H2,1-2H3,(H,22,25,27). The molecule has 7 heteroatoms. The molecule has 144 valence electrons. The number of nitrogens with one attached hydrogen (secondary N) is 1. The zero-order chi connectivity index (χ0) is 19.8. The van der Waals surface area contributed by atoms with Crippen molar-refractivity contribution in [3.05, 3.63) is 57.2 Å². The van der Waals surface area contributed by atoms with Crippen molar-refractivity contribution in [2.75, 3.05) is 25.2 Å². The van der Waals surface area contributed by atoms with Gasteiger partial charge in [0.2, 0.25) is 0 Å². The third-order valence-corrected chi connectivity index (χ3v) is 5.18. The number of amides is 1. The van der Waals surface area contributed by atoms with Crippen LogP contribution in [0, 0.1) is 10.5 Å². The summed E-state index contributed by atoms with van der Waals surface area (Å²) in [6, 6.07) is 13.2. The summed E-state index contributed by atoms with van der Waals surface area (Å²) >= 11 is 7.63. The van der Waals surface area contributed by atoms with Gasteiger partial charge < -0.3 is 14.7 Å². The fraction of sp³-hybridized carbons (Fsp3) is 0.300. The number of halogens is 1. The molecule has 0 aliphatic rings. The first-order valence-corrected chi connectivity index (χ1v) is 10.1. The second-order valence-electron chi connectivity index (χ2n) is 6.03. The fourth-order valence-electron chi connectivity index (χ4n) is 2.50.